The minimum Gasteiger partial charge on any atom is -0.103 e. The maximum atomic E-state index is 4.27. The molecule has 120 heavy (non-hydrogen) atoms. The van der Waals surface area contributed by atoms with Gasteiger partial charge in [-0.15, -0.1) is 13.2 Å². The van der Waals surface area contributed by atoms with E-state index in [1.54, 1.807) is 0 Å². The SMILES string of the molecule is C=C(CC/C=C/C(C)CC/C=C(\C)CCC=C(C)C)CC/C=C(\C)CCC=C(C)C.C=C/C(=C\C/C=C(\C)CC/C=C(\C)CCC=C(C)C)CC/C=C(\C)CCC=C(C)C.C=C/C(=C\CC(C=C)CC/C=C(\C)CCC=C(C)C)CC/C=C(\C)CCC=C(C)C.C=CC(C/C=C/C(=C)CC/C=C(\C)CCC=C(C)C)CC/C=C(\C)CCC=C(C)C. The standard InChI is InChI=1S/C30H50.3C30H48/c1-25(2)15-11-19-29(7)23-13-21-27(5)17-9-10-18-28(6)22-14-24-30(8)20-12-16-26(3)4;2*1-9-30(23-13-21-28(7)18-11-16-26(4)5)24-14-22-29(8)20-12-19-27(6)17-10-15-25(2)3;1-9-29(21-13-19-27(7)17-11-15-25(3)4)23-24-30(10-2)22-14-20-28(8)18-12-16-26(5)6/h10,15-16,18,23-24,28H,5,9,11-14,17,19-22H2,1-4,6-8H3;9,15-16,19,21-22,24H,1,10-14,17-18,20,23H2,2-8H3;9,14-16,19,21-22,30H,1,8,10-13,17-18,20,23-24H2,2-7H3;9-10,15-16,19-20,23,30H,1-2,11-14,17-18,21-22,24H2,3-8H3/b18-10+,29-23+,30-24+;27-19+,28-21+,29-22+,30-24+;22-14+,27-19+,28-21+;27-19+,28-20+,29-23+. The molecule has 0 saturated carbocycles. The van der Waals surface area contributed by atoms with E-state index in [1.807, 2.05) is 12.2 Å². The van der Waals surface area contributed by atoms with Crippen LogP contribution in [0.1, 0.15) is 418 Å². The lowest BCUT2D eigenvalue weighted by Crippen LogP contribution is -1.95. The van der Waals surface area contributed by atoms with E-state index in [2.05, 4.69) is 371 Å². The summed E-state index contributed by atoms with van der Waals surface area (Å²) in [5, 5.41) is 0. The molecule has 0 aliphatic carbocycles. The molecule has 3 unspecified atom stereocenters. The van der Waals surface area contributed by atoms with Crippen LogP contribution in [0.4, 0.5) is 0 Å². The van der Waals surface area contributed by atoms with E-state index >= 15 is 0 Å². The topological polar surface area (TPSA) is 0 Å². The second-order valence-electron chi connectivity index (χ2n) is 36.9. The van der Waals surface area contributed by atoms with Gasteiger partial charge >= 0.3 is 0 Å². The van der Waals surface area contributed by atoms with E-state index in [9.17, 15) is 0 Å². The summed E-state index contributed by atoms with van der Waals surface area (Å²) in [7, 11) is 0. The van der Waals surface area contributed by atoms with Gasteiger partial charge in [-0.05, 0) is 428 Å². The first-order chi connectivity index (χ1) is 57.0. The zero-order chi connectivity index (χ0) is 91.1. The summed E-state index contributed by atoms with van der Waals surface area (Å²) in [5.41, 5.74) is 30.2. The molecule has 3 atom stereocenters. The fourth-order valence-corrected chi connectivity index (χ4v) is 13.1. The fraction of sp³-hybridized carbons (Fsp3) is 0.550. The molecule has 0 heteroatoms. The number of hydrogen-bond acceptors (Lipinski definition) is 0. The molecule has 0 rings (SSSR count). The first kappa shape index (κ1) is 119. The van der Waals surface area contributed by atoms with E-state index in [4.69, 9.17) is 0 Å². The quantitative estimate of drug-likeness (QED) is 0.0421. The van der Waals surface area contributed by atoms with E-state index < -0.39 is 0 Å². The summed E-state index contributed by atoms with van der Waals surface area (Å²) >= 11 is 0. The van der Waals surface area contributed by atoms with Gasteiger partial charge in [-0.3, -0.25) is 0 Å². The Kier molecular flexibility index (Phi) is 82.4. The van der Waals surface area contributed by atoms with Crippen LogP contribution in [0.15, 0.2) is 321 Å². The van der Waals surface area contributed by atoms with Gasteiger partial charge in [-0.1, -0.05) is 314 Å². The van der Waals surface area contributed by atoms with Crippen LogP contribution in [-0.4, -0.2) is 0 Å². The van der Waals surface area contributed by atoms with E-state index in [1.165, 1.54) is 201 Å². The Morgan fingerprint density at radius 1 is 0.233 bits per heavy atom. The van der Waals surface area contributed by atoms with Crippen LogP contribution in [0.5, 0.6) is 0 Å². The number of hydrogen-bond donors (Lipinski definition) is 0. The van der Waals surface area contributed by atoms with Crippen molar-refractivity contribution >= 4 is 0 Å². The maximum absolute atomic E-state index is 4.27. The molecule has 0 amide bonds. The van der Waals surface area contributed by atoms with Gasteiger partial charge in [0.05, 0.1) is 0 Å². The second kappa shape index (κ2) is 82.9. The van der Waals surface area contributed by atoms with Crippen LogP contribution in [0.2, 0.25) is 0 Å². The minimum absolute atomic E-state index is 0.545. The highest BCUT2D eigenvalue weighted by Crippen LogP contribution is 2.24. The molecule has 0 N–H and O–H groups in total. The third-order valence-electron chi connectivity index (χ3n) is 21.4. The van der Waals surface area contributed by atoms with E-state index in [-0.39, 0.29) is 0 Å². The Morgan fingerprint density at radius 2 is 0.483 bits per heavy atom. The van der Waals surface area contributed by atoms with Crippen LogP contribution in [0, 0.1) is 17.8 Å². The van der Waals surface area contributed by atoms with Crippen molar-refractivity contribution in [2.75, 3.05) is 0 Å². The van der Waals surface area contributed by atoms with Crippen molar-refractivity contribution in [1.29, 1.82) is 0 Å². The number of allylic oxidation sites excluding steroid dienone is 48. The van der Waals surface area contributed by atoms with Gasteiger partial charge in [0.2, 0.25) is 0 Å². The molecular formula is C120H194. The monoisotopic (exact) mass is 1640 g/mol. The summed E-state index contributed by atoms with van der Waals surface area (Å²) < 4.78 is 0. The summed E-state index contributed by atoms with van der Waals surface area (Å²) in [6, 6.07) is 0. The second-order valence-corrected chi connectivity index (χ2v) is 36.9. The zero-order valence-electron chi connectivity index (χ0n) is 84.2. The maximum Gasteiger partial charge on any atom is -0.0161 e. The highest BCUT2D eigenvalue weighted by atomic mass is 14.1. The number of rotatable bonds is 63. The first-order valence-electron chi connectivity index (χ1n) is 47.5. The predicted octanol–water partition coefficient (Wildman–Crippen LogP) is 41.3. The van der Waals surface area contributed by atoms with E-state index in [0.717, 1.165) is 154 Å². The summed E-state index contributed by atoms with van der Waals surface area (Å²) in [4.78, 5) is 0. The normalized spacial score (nSPS) is 13.4. The van der Waals surface area contributed by atoms with Gasteiger partial charge in [0.15, 0.2) is 0 Å². The molecule has 0 bridgehead atoms. The van der Waals surface area contributed by atoms with Crippen LogP contribution < -0.4 is 0 Å². The molecule has 0 aliphatic rings. The van der Waals surface area contributed by atoms with Crippen molar-refractivity contribution in [3.63, 3.8) is 0 Å². The molecule has 0 spiro atoms. The smallest absolute Gasteiger partial charge is 0.0161 e. The average molecular weight is 1640 g/mol. The van der Waals surface area contributed by atoms with Gasteiger partial charge in [0.25, 0.3) is 0 Å². The first-order valence-corrected chi connectivity index (χ1v) is 47.5. The summed E-state index contributed by atoms with van der Waals surface area (Å²) in [6.07, 6.45) is 105. The third kappa shape index (κ3) is 91.7. The Hall–Kier alpha value is -7.02. The molecule has 0 saturated heterocycles. The predicted molar refractivity (Wildman–Crippen MR) is 560 cm³/mol. The van der Waals surface area contributed by atoms with E-state index in [0.29, 0.717) is 17.8 Å². The van der Waals surface area contributed by atoms with Crippen molar-refractivity contribution in [2.45, 2.75) is 418 Å². The average Bonchev–Trinajstić information content (AvgIpc) is 0.968. The Morgan fingerprint density at radius 3 is 0.792 bits per heavy atom. The molecule has 0 nitrogen and oxygen atoms in total. The molecule has 0 aromatic rings. The largest absolute Gasteiger partial charge is 0.103 e. The lowest BCUT2D eigenvalue weighted by molar-refractivity contribution is 0.604. The van der Waals surface area contributed by atoms with Gasteiger partial charge in [0.1, 0.15) is 0 Å². The van der Waals surface area contributed by atoms with Crippen molar-refractivity contribution < 1.29 is 0 Å². The molecule has 674 valence electrons. The molecule has 0 fully saturated rings. The lowest BCUT2D eigenvalue weighted by atomic mass is 9.96. The third-order valence-corrected chi connectivity index (χ3v) is 21.4. The zero-order valence-corrected chi connectivity index (χ0v) is 84.2. The van der Waals surface area contributed by atoms with Gasteiger partial charge < -0.3 is 0 Å². The van der Waals surface area contributed by atoms with Crippen molar-refractivity contribution in [2.24, 2.45) is 17.8 Å². The van der Waals surface area contributed by atoms with Gasteiger partial charge in [-0.25, -0.2) is 0 Å². The Bertz CT molecular complexity index is 3480. The lowest BCUT2D eigenvalue weighted by Gasteiger charge is -2.10. The van der Waals surface area contributed by atoms with Gasteiger partial charge in [0, 0.05) is 0 Å². The molecule has 0 aromatic carbocycles. The fourth-order valence-electron chi connectivity index (χ4n) is 13.1. The highest BCUT2D eigenvalue weighted by Gasteiger charge is 2.06. The summed E-state index contributed by atoms with van der Waals surface area (Å²) in [6.45, 7) is 81.9. The molecule has 0 radical (unpaired) electrons. The van der Waals surface area contributed by atoms with Gasteiger partial charge in [-0.2, -0.15) is 0 Å². The molecule has 0 heterocycles. The van der Waals surface area contributed by atoms with Crippen LogP contribution in [-0.2, 0) is 0 Å². The van der Waals surface area contributed by atoms with Crippen LogP contribution in [0.3, 0.4) is 0 Å². The van der Waals surface area contributed by atoms with Crippen LogP contribution >= 0.6 is 0 Å². The summed E-state index contributed by atoms with van der Waals surface area (Å²) in [5.74, 6) is 1.75. The molecule has 0 aliphatic heterocycles. The van der Waals surface area contributed by atoms with Crippen molar-refractivity contribution in [1.82, 2.24) is 0 Å². The van der Waals surface area contributed by atoms with Crippen LogP contribution in [0.25, 0.3) is 0 Å². The molecule has 0 aromatic heterocycles. The van der Waals surface area contributed by atoms with Crippen molar-refractivity contribution in [3.05, 3.63) is 321 Å². The Balaban J connectivity index is -0.000000748. The minimum atomic E-state index is 0.545. The Labute approximate surface area is 751 Å². The van der Waals surface area contributed by atoms with Crippen molar-refractivity contribution in [3.8, 4) is 0 Å². The highest BCUT2D eigenvalue weighted by molar-refractivity contribution is 5.22. The molecular weight excluding hydrogens is 1440 g/mol.